The molecule has 24 nitrogen and oxygen atoms in total. The maximum absolute atomic E-state index is 8.25. The van der Waals surface area contributed by atoms with E-state index in [0.29, 0.717) is 0 Å². The van der Waals surface area contributed by atoms with Gasteiger partial charge in [-0.25, -0.2) is 0 Å². The molecular weight excluding hydrogens is 564 g/mol. The van der Waals surface area contributed by atoms with Crippen LogP contribution in [0.5, 0.6) is 0 Å². The van der Waals surface area contributed by atoms with Gasteiger partial charge in [0.25, 0.3) is 0 Å². The van der Waals surface area contributed by atoms with Crippen molar-refractivity contribution in [3.05, 3.63) is 91.9 Å². The molecule has 0 aromatic heterocycles. The van der Waals surface area contributed by atoms with Crippen molar-refractivity contribution >= 4 is 0 Å². The summed E-state index contributed by atoms with van der Waals surface area (Å²) in [5.74, 6) is 0. The van der Waals surface area contributed by atoms with E-state index in [2.05, 4.69) is 0 Å². The third-order valence-corrected chi connectivity index (χ3v) is 0. The van der Waals surface area contributed by atoms with Gasteiger partial charge in [0.1, 0.15) is 0 Å². The Kier molecular flexibility index (Phi) is 81.8. The second-order valence-corrected chi connectivity index (χ2v) is 1.34. The Morgan fingerprint density at radius 3 is 0.269 bits per heavy atom. The van der Waals surface area contributed by atoms with Crippen molar-refractivity contribution in [3.8, 4) is 0 Å². The van der Waals surface area contributed by atoms with E-state index in [1.165, 1.54) is 0 Å². The van der Waals surface area contributed by atoms with Crippen LogP contribution >= 0.6 is 0 Å². The van der Waals surface area contributed by atoms with Crippen molar-refractivity contribution in [1.82, 2.24) is 0 Å². The van der Waals surface area contributed by atoms with Gasteiger partial charge in [0.05, 0.1) is 30.5 Å². The fourth-order valence-corrected chi connectivity index (χ4v) is 0. The first-order chi connectivity index (χ1) is 10.4. The Bertz CT molecular complexity index is 261. The Morgan fingerprint density at radius 2 is 0.269 bits per heavy atom. The Labute approximate surface area is 165 Å². The smallest absolute Gasteiger partial charge is 0.0689 e. The third kappa shape index (κ3) is 673. The molecular formula is Mo2N6O18-6. The normalized spacial score (nSPS) is 5.54. The largest absolute Gasteiger partial charge is 0.356 e. The minimum Gasteiger partial charge on any atom is -0.356 e. The number of hydrogen-bond acceptors (Lipinski definition) is 18. The van der Waals surface area contributed by atoms with Crippen LogP contribution in [0.3, 0.4) is 0 Å². The predicted octanol–water partition coefficient (Wildman–Crippen LogP) is -1.44. The molecule has 0 aliphatic carbocycles. The molecule has 26 heteroatoms. The number of rotatable bonds is 0. The summed E-state index contributed by atoms with van der Waals surface area (Å²) in [6.45, 7) is 0. The SMILES string of the molecule is O=[N+]([O-])[O-].O=[N+]([O-])[O-].O=[N+]([O-])[O-].O=[N+]([O-])[O-].O=[N+]([O-])[O-].O=[N+]([O-])[O-].[Mo].[Mo]. The zero-order chi connectivity index (χ0) is 21.5. The first-order valence-corrected chi connectivity index (χ1v) is 3.29. The quantitative estimate of drug-likeness (QED) is 0.185. The van der Waals surface area contributed by atoms with Crippen LogP contribution in [0.4, 0.5) is 0 Å². The van der Waals surface area contributed by atoms with Gasteiger partial charge in [-0.1, -0.05) is 0 Å². The van der Waals surface area contributed by atoms with Gasteiger partial charge >= 0.3 is 0 Å². The van der Waals surface area contributed by atoms with Gasteiger partial charge in [-0.2, -0.15) is 0 Å². The molecule has 0 radical (unpaired) electrons. The van der Waals surface area contributed by atoms with Crippen molar-refractivity contribution in [3.63, 3.8) is 0 Å². The maximum Gasteiger partial charge on any atom is 0.0689 e. The molecule has 0 N–H and O–H groups in total. The van der Waals surface area contributed by atoms with Crippen molar-refractivity contribution < 1.29 is 72.7 Å². The van der Waals surface area contributed by atoms with Gasteiger partial charge < -0.3 is 91.9 Å². The Balaban J connectivity index is -0.0000000245. The fraction of sp³-hybridized carbons (Fsp3) is 0. The molecule has 0 spiro atoms. The van der Waals surface area contributed by atoms with Crippen LogP contribution in [0.2, 0.25) is 0 Å². The van der Waals surface area contributed by atoms with Gasteiger partial charge in [0, 0.05) is 42.1 Å². The molecule has 0 atom stereocenters. The van der Waals surface area contributed by atoms with E-state index in [-0.39, 0.29) is 42.1 Å². The summed E-state index contributed by atoms with van der Waals surface area (Å²) in [5, 5.41) is 88.5. The molecule has 0 saturated heterocycles. The molecule has 0 aromatic rings. The van der Waals surface area contributed by atoms with Gasteiger partial charge in [0.2, 0.25) is 0 Å². The summed E-state index contributed by atoms with van der Waals surface area (Å²) in [6.07, 6.45) is 0. The summed E-state index contributed by atoms with van der Waals surface area (Å²) in [6, 6.07) is 0. The van der Waals surface area contributed by atoms with E-state index < -0.39 is 30.5 Å². The van der Waals surface area contributed by atoms with Crippen LogP contribution < -0.4 is 0 Å². The van der Waals surface area contributed by atoms with Crippen molar-refractivity contribution in [2.75, 3.05) is 0 Å². The van der Waals surface area contributed by atoms with Crippen LogP contribution in [0, 0.1) is 91.9 Å². The molecule has 0 aliphatic heterocycles. The van der Waals surface area contributed by atoms with Gasteiger partial charge in [-0.15, -0.1) is 0 Å². The molecule has 0 fully saturated rings. The van der Waals surface area contributed by atoms with Crippen molar-refractivity contribution in [2.45, 2.75) is 0 Å². The molecule has 0 saturated carbocycles. The second kappa shape index (κ2) is 43.0. The minimum atomic E-state index is -1.75. The number of hydrogen-bond donors (Lipinski definition) is 0. The van der Waals surface area contributed by atoms with E-state index >= 15 is 0 Å². The average Bonchev–Trinajstić information content (AvgIpc) is 2.08. The molecule has 0 aliphatic rings. The number of nitrogens with zero attached hydrogens (tertiary/aromatic N) is 6. The average molecular weight is 564 g/mol. The Morgan fingerprint density at radius 1 is 0.269 bits per heavy atom. The van der Waals surface area contributed by atoms with E-state index in [1.807, 2.05) is 0 Å². The summed E-state index contributed by atoms with van der Waals surface area (Å²) < 4.78 is 0. The molecule has 0 bridgehead atoms. The maximum atomic E-state index is 8.25. The summed E-state index contributed by atoms with van der Waals surface area (Å²) in [5.41, 5.74) is 0. The molecule has 0 amide bonds. The minimum absolute atomic E-state index is 0. The zero-order valence-electron chi connectivity index (χ0n) is 10.8. The van der Waals surface area contributed by atoms with Crippen LogP contribution in [-0.2, 0) is 42.1 Å². The zero-order valence-corrected chi connectivity index (χ0v) is 14.9. The van der Waals surface area contributed by atoms with E-state index in [4.69, 9.17) is 91.9 Å². The fourth-order valence-electron chi connectivity index (χ4n) is 0. The molecule has 156 valence electrons. The molecule has 0 rings (SSSR count). The molecule has 0 unspecified atom stereocenters. The molecule has 26 heavy (non-hydrogen) atoms. The van der Waals surface area contributed by atoms with E-state index in [9.17, 15) is 0 Å². The van der Waals surface area contributed by atoms with Gasteiger partial charge in [-0.3, -0.25) is 0 Å². The molecule has 0 aromatic carbocycles. The second-order valence-electron chi connectivity index (χ2n) is 1.34. The predicted molar refractivity (Wildman–Crippen MR) is 62.2 cm³/mol. The summed E-state index contributed by atoms with van der Waals surface area (Å²) in [7, 11) is 0. The Hall–Kier alpha value is -3.42. The van der Waals surface area contributed by atoms with Crippen molar-refractivity contribution in [2.24, 2.45) is 0 Å². The standard InChI is InChI=1S/2Mo.6NO3/c;;6*2-1(3)4/q;;6*-1. The van der Waals surface area contributed by atoms with E-state index in [1.54, 1.807) is 0 Å². The first-order valence-electron chi connectivity index (χ1n) is 3.29. The van der Waals surface area contributed by atoms with Crippen molar-refractivity contribution in [1.29, 1.82) is 0 Å². The van der Waals surface area contributed by atoms with Crippen LogP contribution in [0.15, 0.2) is 0 Å². The topological polar surface area (TPSA) is 397 Å². The molecule has 0 heterocycles. The first kappa shape index (κ1) is 49.5. The van der Waals surface area contributed by atoms with Gasteiger partial charge in [0.15, 0.2) is 0 Å². The van der Waals surface area contributed by atoms with Crippen LogP contribution in [0.25, 0.3) is 0 Å². The van der Waals surface area contributed by atoms with E-state index in [0.717, 1.165) is 0 Å². The summed E-state index contributed by atoms with van der Waals surface area (Å²) in [4.78, 5) is 49.5. The third-order valence-electron chi connectivity index (χ3n) is 0. The summed E-state index contributed by atoms with van der Waals surface area (Å²) >= 11 is 0. The van der Waals surface area contributed by atoms with Gasteiger partial charge in [-0.05, 0) is 0 Å². The van der Waals surface area contributed by atoms with Crippen LogP contribution in [-0.4, -0.2) is 30.5 Å². The van der Waals surface area contributed by atoms with Crippen LogP contribution in [0.1, 0.15) is 0 Å². The monoisotopic (exact) mass is 568 g/mol.